The van der Waals surface area contributed by atoms with E-state index >= 15 is 0 Å². The summed E-state index contributed by atoms with van der Waals surface area (Å²) in [5, 5.41) is 9.09. The molecule has 1 fully saturated rings. The van der Waals surface area contributed by atoms with Crippen LogP contribution in [0.2, 0.25) is 0 Å². The van der Waals surface area contributed by atoms with Crippen LogP contribution in [0.1, 0.15) is 57.1 Å². The van der Waals surface area contributed by atoms with Gasteiger partial charge in [0, 0.05) is 30.1 Å². The Morgan fingerprint density at radius 3 is 2.54 bits per heavy atom. The number of carbonyl (C=O) groups excluding carboxylic acids is 2. The Kier molecular flexibility index (Phi) is 10.2. The van der Waals surface area contributed by atoms with E-state index in [1.807, 2.05) is 49.4 Å². The predicted octanol–water partition coefficient (Wildman–Crippen LogP) is 5.29. The fourth-order valence-electron chi connectivity index (χ4n) is 5.02. The molecule has 0 radical (unpaired) electrons. The molecule has 0 saturated carbocycles. The summed E-state index contributed by atoms with van der Waals surface area (Å²) >= 11 is 0. The Hall–Kier alpha value is -3.59. The van der Waals surface area contributed by atoms with E-state index in [9.17, 15) is 9.59 Å². The highest BCUT2D eigenvalue weighted by Crippen LogP contribution is 2.32. The molecule has 9 nitrogen and oxygen atoms in total. The Bertz CT molecular complexity index is 1140. The number of benzene rings is 2. The van der Waals surface area contributed by atoms with Crippen molar-refractivity contribution in [2.24, 2.45) is 11.0 Å². The molecule has 1 N–H and O–H groups in total. The molecule has 2 aliphatic rings. The molecule has 1 atom stereocenters. The quantitative estimate of drug-likeness (QED) is 0.371. The SMILES string of the molecule is CCOc1cc(C2=NN(Cc3ccc(NC(=O)OCCCN4CCCC4)cc3)C(=O)CC2CC)ccc1OC. The van der Waals surface area contributed by atoms with E-state index < -0.39 is 6.09 Å². The highest BCUT2D eigenvalue weighted by Gasteiger charge is 2.30. The summed E-state index contributed by atoms with van der Waals surface area (Å²) in [6, 6.07) is 13.2. The number of nitrogens with zero attached hydrogens (tertiary/aromatic N) is 3. The number of amides is 2. The molecule has 2 aliphatic heterocycles. The molecule has 1 unspecified atom stereocenters. The number of rotatable bonds is 12. The third-order valence-corrected chi connectivity index (χ3v) is 7.16. The van der Waals surface area contributed by atoms with E-state index in [0.717, 1.165) is 49.3 Å². The number of hydrogen-bond donors (Lipinski definition) is 1. The average molecular weight is 537 g/mol. The topological polar surface area (TPSA) is 92.7 Å². The molecule has 2 amide bonds. The fraction of sp³-hybridized carbons (Fsp3) is 0.500. The normalized spacial score (nSPS) is 17.6. The van der Waals surface area contributed by atoms with Crippen molar-refractivity contribution in [3.8, 4) is 11.5 Å². The summed E-state index contributed by atoms with van der Waals surface area (Å²) in [7, 11) is 1.62. The van der Waals surface area contributed by atoms with Crippen LogP contribution in [0.3, 0.4) is 0 Å². The van der Waals surface area contributed by atoms with Crippen molar-refractivity contribution < 1.29 is 23.8 Å². The third-order valence-electron chi connectivity index (χ3n) is 7.16. The molecular weight excluding hydrogens is 496 g/mol. The third kappa shape index (κ3) is 7.72. The highest BCUT2D eigenvalue weighted by atomic mass is 16.5. The molecule has 0 aromatic heterocycles. The molecule has 0 spiro atoms. The van der Waals surface area contributed by atoms with Crippen molar-refractivity contribution in [3.05, 3.63) is 53.6 Å². The minimum Gasteiger partial charge on any atom is -0.493 e. The lowest BCUT2D eigenvalue weighted by molar-refractivity contribution is -0.133. The molecule has 4 rings (SSSR count). The first-order chi connectivity index (χ1) is 19.0. The van der Waals surface area contributed by atoms with Gasteiger partial charge in [-0.1, -0.05) is 19.1 Å². The first kappa shape index (κ1) is 28.4. The number of likely N-dealkylation sites (tertiary alicyclic amines) is 1. The van der Waals surface area contributed by atoms with Crippen LogP contribution >= 0.6 is 0 Å². The Morgan fingerprint density at radius 1 is 1.08 bits per heavy atom. The number of anilines is 1. The van der Waals surface area contributed by atoms with Gasteiger partial charge in [-0.2, -0.15) is 5.10 Å². The molecule has 9 heteroatoms. The lowest BCUT2D eigenvalue weighted by atomic mass is 9.89. The number of hydrogen-bond acceptors (Lipinski definition) is 7. The van der Waals surface area contributed by atoms with Gasteiger partial charge in [0.2, 0.25) is 5.91 Å². The predicted molar refractivity (Wildman–Crippen MR) is 151 cm³/mol. The maximum atomic E-state index is 12.9. The van der Waals surface area contributed by atoms with E-state index in [2.05, 4.69) is 17.1 Å². The second-order valence-corrected chi connectivity index (χ2v) is 9.90. The maximum Gasteiger partial charge on any atom is 0.411 e. The molecule has 210 valence electrons. The van der Waals surface area contributed by atoms with Crippen molar-refractivity contribution >= 4 is 23.4 Å². The molecule has 1 saturated heterocycles. The van der Waals surface area contributed by atoms with Crippen molar-refractivity contribution in [2.45, 2.75) is 52.5 Å². The number of hydrazone groups is 1. The Balaban J connectivity index is 1.36. The molecular formula is C30H40N4O5. The molecule has 2 aromatic rings. The van der Waals surface area contributed by atoms with Gasteiger partial charge in [0.15, 0.2) is 11.5 Å². The van der Waals surface area contributed by atoms with Gasteiger partial charge in [0.05, 0.1) is 32.6 Å². The molecule has 39 heavy (non-hydrogen) atoms. The first-order valence-corrected chi connectivity index (χ1v) is 14.0. The lowest BCUT2D eigenvalue weighted by Crippen LogP contribution is -2.36. The molecule has 0 bridgehead atoms. The van der Waals surface area contributed by atoms with Crippen LogP contribution in [-0.4, -0.2) is 67.6 Å². The van der Waals surface area contributed by atoms with Crippen LogP contribution in [0.25, 0.3) is 0 Å². The molecule has 2 aromatic carbocycles. The smallest absolute Gasteiger partial charge is 0.411 e. The van der Waals surface area contributed by atoms with Gasteiger partial charge >= 0.3 is 6.09 Å². The lowest BCUT2D eigenvalue weighted by Gasteiger charge is -2.29. The van der Waals surface area contributed by atoms with E-state index in [4.69, 9.17) is 19.3 Å². The van der Waals surface area contributed by atoms with Crippen molar-refractivity contribution in [1.82, 2.24) is 9.91 Å². The van der Waals surface area contributed by atoms with E-state index in [-0.39, 0.29) is 11.8 Å². The minimum absolute atomic E-state index is 0.0103. The van der Waals surface area contributed by atoms with Crippen LogP contribution < -0.4 is 14.8 Å². The number of carbonyl (C=O) groups is 2. The largest absolute Gasteiger partial charge is 0.493 e. The van der Waals surface area contributed by atoms with Crippen molar-refractivity contribution in [1.29, 1.82) is 0 Å². The second kappa shape index (κ2) is 14.0. The summed E-state index contributed by atoms with van der Waals surface area (Å²) in [6.45, 7) is 8.51. The summed E-state index contributed by atoms with van der Waals surface area (Å²) in [5.74, 6) is 1.35. The fourth-order valence-corrected chi connectivity index (χ4v) is 5.02. The zero-order chi connectivity index (χ0) is 27.6. The minimum atomic E-state index is -0.457. The highest BCUT2D eigenvalue weighted by molar-refractivity contribution is 6.06. The van der Waals surface area contributed by atoms with Gasteiger partial charge in [-0.25, -0.2) is 9.80 Å². The molecule has 2 heterocycles. The standard InChI is InChI=1S/C30H40N4O5/c1-4-23-20-28(35)34(32-29(23)24-11-14-26(37-3)27(19-24)38-5-2)21-22-9-12-25(13-10-22)31-30(36)39-18-8-17-33-15-6-7-16-33/h9-14,19,23H,4-8,15-18,20-21H2,1-3H3,(H,31,36). The van der Waals surface area contributed by atoms with Gasteiger partial charge in [0.25, 0.3) is 0 Å². The monoisotopic (exact) mass is 536 g/mol. The van der Waals surface area contributed by atoms with Crippen LogP contribution in [0.15, 0.2) is 47.6 Å². The summed E-state index contributed by atoms with van der Waals surface area (Å²) in [5.41, 5.74) is 3.34. The number of ether oxygens (including phenoxy) is 3. The van der Waals surface area contributed by atoms with Crippen LogP contribution in [0.4, 0.5) is 10.5 Å². The Labute approximate surface area is 231 Å². The number of methoxy groups -OCH3 is 1. The number of nitrogens with one attached hydrogen (secondary N) is 1. The van der Waals surface area contributed by atoms with Crippen LogP contribution in [0, 0.1) is 5.92 Å². The van der Waals surface area contributed by atoms with Gasteiger partial charge in [-0.3, -0.25) is 10.1 Å². The van der Waals surface area contributed by atoms with Crippen molar-refractivity contribution in [2.75, 3.05) is 45.3 Å². The Morgan fingerprint density at radius 2 is 1.85 bits per heavy atom. The zero-order valence-corrected chi connectivity index (χ0v) is 23.3. The summed E-state index contributed by atoms with van der Waals surface area (Å²) in [4.78, 5) is 27.5. The van der Waals surface area contributed by atoms with Gasteiger partial charge < -0.3 is 19.1 Å². The van der Waals surface area contributed by atoms with Gasteiger partial charge in [0.1, 0.15) is 0 Å². The van der Waals surface area contributed by atoms with Crippen LogP contribution in [-0.2, 0) is 16.1 Å². The van der Waals surface area contributed by atoms with E-state index in [0.29, 0.717) is 43.4 Å². The van der Waals surface area contributed by atoms with Gasteiger partial charge in [-0.05, 0) is 81.6 Å². The maximum absolute atomic E-state index is 12.9. The average Bonchev–Trinajstić information content (AvgIpc) is 3.47. The van der Waals surface area contributed by atoms with Crippen molar-refractivity contribution in [3.63, 3.8) is 0 Å². The van der Waals surface area contributed by atoms with Gasteiger partial charge in [-0.15, -0.1) is 0 Å². The molecule has 0 aliphatic carbocycles. The summed E-state index contributed by atoms with van der Waals surface area (Å²) < 4.78 is 16.5. The zero-order valence-electron chi connectivity index (χ0n) is 23.3. The first-order valence-electron chi connectivity index (χ1n) is 14.0. The van der Waals surface area contributed by atoms with Crippen LogP contribution in [0.5, 0.6) is 11.5 Å². The van der Waals surface area contributed by atoms with E-state index in [1.54, 1.807) is 7.11 Å². The van der Waals surface area contributed by atoms with E-state index in [1.165, 1.54) is 17.9 Å². The summed E-state index contributed by atoms with van der Waals surface area (Å²) in [6.07, 6.45) is 4.10. The second-order valence-electron chi connectivity index (χ2n) is 9.90.